The second-order valence-electron chi connectivity index (χ2n) is 4.34. The van der Waals surface area contributed by atoms with Gasteiger partial charge in [0, 0.05) is 12.3 Å². The van der Waals surface area contributed by atoms with E-state index in [-0.39, 0.29) is 17.2 Å². The van der Waals surface area contributed by atoms with E-state index in [0.29, 0.717) is 10.2 Å². The van der Waals surface area contributed by atoms with Gasteiger partial charge in [-0.1, -0.05) is 6.07 Å². The lowest BCUT2D eigenvalue weighted by Crippen LogP contribution is -2.05. The minimum Gasteiger partial charge on any atom is -0.493 e. The van der Waals surface area contributed by atoms with Crippen LogP contribution >= 0.6 is 15.9 Å². The van der Waals surface area contributed by atoms with Crippen molar-refractivity contribution in [2.75, 3.05) is 7.11 Å². The van der Waals surface area contributed by atoms with Gasteiger partial charge in [-0.15, -0.1) is 0 Å². The number of rotatable bonds is 6. The monoisotopic (exact) mass is 399 g/mol. The van der Waals surface area contributed by atoms with E-state index in [4.69, 9.17) is 9.47 Å². The van der Waals surface area contributed by atoms with Gasteiger partial charge in [0.25, 0.3) is 0 Å². The third-order valence-corrected chi connectivity index (χ3v) is 3.35. The Bertz CT molecular complexity index is 753. The molecule has 0 saturated heterocycles. The van der Waals surface area contributed by atoms with Crippen LogP contribution < -0.4 is 14.2 Å². The molecule has 1 aromatic heterocycles. The minimum atomic E-state index is -2.95. The number of hydrogen-bond acceptors (Lipinski definition) is 5. The Balaban J connectivity index is 2.08. The lowest BCUT2D eigenvalue weighted by atomic mass is 10.2. The van der Waals surface area contributed by atoms with Crippen molar-refractivity contribution in [2.45, 2.75) is 6.61 Å². The van der Waals surface area contributed by atoms with Crippen LogP contribution in [0.2, 0.25) is 0 Å². The van der Waals surface area contributed by atoms with Crippen LogP contribution in [0, 0.1) is 0 Å². The molecule has 24 heavy (non-hydrogen) atoms. The van der Waals surface area contributed by atoms with Crippen LogP contribution in [-0.4, -0.2) is 24.7 Å². The molecule has 0 spiro atoms. The van der Waals surface area contributed by atoms with E-state index in [9.17, 15) is 13.6 Å². The van der Waals surface area contributed by atoms with Gasteiger partial charge in [-0.05, 0) is 51.8 Å². The van der Waals surface area contributed by atoms with E-state index in [1.807, 2.05) is 0 Å². The fourth-order valence-corrected chi connectivity index (χ4v) is 2.07. The summed E-state index contributed by atoms with van der Waals surface area (Å²) in [6, 6.07) is 7.51. The number of aromatic nitrogens is 1. The summed E-state index contributed by atoms with van der Waals surface area (Å²) in [4.78, 5) is 15.7. The summed E-state index contributed by atoms with van der Waals surface area (Å²) in [5.74, 6) is -0.298. The highest BCUT2D eigenvalue weighted by Gasteiger charge is 2.11. The van der Waals surface area contributed by atoms with E-state index in [2.05, 4.69) is 25.7 Å². The Morgan fingerprint density at radius 2 is 2.04 bits per heavy atom. The van der Waals surface area contributed by atoms with E-state index >= 15 is 0 Å². The standard InChI is InChI=1S/C16H12BrF2NO4/c1-22-13-9-10(4-6-11(13)24-16(18)19)5-7-14(21)23-12-3-2-8-20-15(12)17/h2-9,16H,1H3/b7-5+. The van der Waals surface area contributed by atoms with E-state index in [1.54, 1.807) is 18.3 Å². The fraction of sp³-hybridized carbons (Fsp3) is 0.125. The molecule has 2 rings (SSSR count). The summed E-state index contributed by atoms with van der Waals surface area (Å²) in [7, 11) is 1.33. The molecule has 0 amide bonds. The Hall–Kier alpha value is -2.48. The number of methoxy groups -OCH3 is 1. The van der Waals surface area contributed by atoms with Gasteiger partial charge in [-0.3, -0.25) is 0 Å². The Morgan fingerprint density at radius 3 is 2.71 bits per heavy atom. The number of hydrogen-bond donors (Lipinski definition) is 0. The van der Waals surface area contributed by atoms with Crippen LogP contribution in [-0.2, 0) is 4.79 Å². The molecule has 126 valence electrons. The van der Waals surface area contributed by atoms with Crippen LogP contribution in [0.5, 0.6) is 17.2 Å². The number of alkyl halides is 2. The van der Waals surface area contributed by atoms with Gasteiger partial charge in [0.2, 0.25) is 0 Å². The molecule has 0 atom stereocenters. The maximum atomic E-state index is 12.3. The third kappa shape index (κ3) is 5.02. The second kappa shape index (κ2) is 8.39. The summed E-state index contributed by atoms with van der Waals surface area (Å²) >= 11 is 3.16. The molecule has 0 aliphatic carbocycles. The minimum absolute atomic E-state index is 0.0912. The number of carbonyl (C=O) groups excluding carboxylic acids is 1. The summed E-state index contributed by atoms with van der Waals surface area (Å²) in [6.45, 7) is -2.95. The third-order valence-electron chi connectivity index (χ3n) is 2.75. The molecule has 5 nitrogen and oxygen atoms in total. The molecule has 0 bridgehead atoms. The van der Waals surface area contributed by atoms with Crippen LogP contribution in [0.15, 0.2) is 47.2 Å². The van der Waals surface area contributed by atoms with Crippen LogP contribution in [0.1, 0.15) is 5.56 Å². The molecule has 8 heteroatoms. The smallest absolute Gasteiger partial charge is 0.387 e. The number of pyridine rings is 1. The van der Waals surface area contributed by atoms with E-state index < -0.39 is 12.6 Å². The van der Waals surface area contributed by atoms with Crippen molar-refractivity contribution in [3.8, 4) is 17.2 Å². The van der Waals surface area contributed by atoms with Gasteiger partial charge < -0.3 is 14.2 Å². The molecule has 0 aliphatic rings. The molecule has 0 N–H and O–H groups in total. The number of esters is 1. The number of ether oxygens (including phenoxy) is 3. The zero-order valence-electron chi connectivity index (χ0n) is 12.4. The van der Waals surface area contributed by atoms with Gasteiger partial charge in [-0.25, -0.2) is 9.78 Å². The predicted molar refractivity (Wildman–Crippen MR) is 86.2 cm³/mol. The summed E-state index contributed by atoms with van der Waals surface area (Å²) in [6.07, 6.45) is 4.20. The molecule has 1 aromatic carbocycles. The Kier molecular flexibility index (Phi) is 6.25. The van der Waals surface area contributed by atoms with Gasteiger partial charge in [-0.2, -0.15) is 8.78 Å². The first-order valence-electron chi connectivity index (χ1n) is 6.63. The zero-order valence-corrected chi connectivity index (χ0v) is 14.0. The first-order chi connectivity index (χ1) is 11.5. The quantitative estimate of drug-likeness (QED) is 0.416. The van der Waals surface area contributed by atoms with Crippen molar-refractivity contribution in [3.63, 3.8) is 0 Å². The van der Waals surface area contributed by atoms with Crippen molar-refractivity contribution in [2.24, 2.45) is 0 Å². The lowest BCUT2D eigenvalue weighted by Gasteiger charge is -2.10. The van der Waals surface area contributed by atoms with E-state index in [1.165, 1.54) is 37.5 Å². The molecule has 0 unspecified atom stereocenters. The van der Waals surface area contributed by atoms with Crippen molar-refractivity contribution < 1.29 is 27.8 Å². The molecule has 1 heterocycles. The maximum Gasteiger partial charge on any atom is 0.387 e. The number of nitrogens with zero attached hydrogens (tertiary/aromatic N) is 1. The predicted octanol–water partition coefficient (Wildman–Crippen LogP) is 4.07. The lowest BCUT2D eigenvalue weighted by molar-refractivity contribution is -0.128. The molecular weight excluding hydrogens is 388 g/mol. The Morgan fingerprint density at radius 1 is 1.25 bits per heavy atom. The van der Waals surface area contributed by atoms with Gasteiger partial charge in [0.1, 0.15) is 4.60 Å². The fourth-order valence-electron chi connectivity index (χ4n) is 1.74. The Labute approximate surface area is 145 Å². The van der Waals surface area contributed by atoms with E-state index in [0.717, 1.165) is 0 Å². The molecule has 0 radical (unpaired) electrons. The average molecular weight is 400 g/mol. The first kappa shape index (κ1) is 17.9. The van der Waals surface area contributed by atoms with Gasteiger partial charge >= 0.3 is 12.6 Å². The van der Waals surface area contributed by atoms with Crippen LogP contribution in [0.25, 0.3) is 6.08 Å². The van der Waals surface area contributed by atoms with Crippen LogP contribution in [0.3, 0.4) is 0 Å². The summed E-state index contributed by atoms with van der Waals surface area (Å²) in [5.41, 5.74) is 0.552. The van der Waals surface area contributed by atoms with Crippen molar-refractivity contribution in [3.05, 3.63) is 52.8 Å². The molecule has 0 saturated carbocycles. The number of carbonyl (C=O) groups is 1. The van der Waals surface area contributed by atoms with Gasteiger partial charge in [0.05, 0.1) is 7.11 Å². The highest BCUT2D eigenvalue weighted by Crippen LogP contribution is 2.30. The van der Waals surface area contributed by atoms with Crippen molar-refractivity contribution >= 4 is 28.0 Å². The maximum absolute atomic E-state index is 12.3. The topological polar surface area (TPSA) is 57.7 Å². The first-order valence-corrected chi connectivity index (χ1v) is 7.42. The second-order valence-corrected chi connectivity index (χ2v) is 5.09. The van der Waals surface area contributed by atoms with Crippen LogP contribution in [0.4, 0.5) is 8.78 Å². The SMILES string of the molecule is COc1cc(/C=C/C(=O)Oc2cccnc2Br)ccc1OC(F)F. The average Bonchev–Trinajstić information content (AvgIpc) is 2.55. The largest absolute Gasteiger partial charge is 0.493 e. The van der Waals surface area contributed by atoms with Crippen molar-refractivity contribution in [1.29, 1.82) is 0 Å². The zero-order chi connectivity index (χ0) is 17.5. The van der Waals surface area contributed by atoms with Gasteiger partial charge in [0.15, 0.2) is 17.2 Å². The molecule has 2 aromatic rings. The summed E-state index contributed by atoms with van der Waals surface area (Å²) < 4.78 is 39.4. The highest BCUT2D eigenvalue weighted by molar-refractivity contribution is 9.10. The normalized spacial score (nSPS) is 10.9. The number of halogens is 3. The summed E-state index contributed by atoms with van der Waals surface area (Å²) in [5, 5.41) is 0. The molecule has 0 aliphatic heterocycles. The molecular formula is C16H12BrF2NO4. The van der Waals surface area contributed by atoms with Crippen molar-refractivity contribution in [1.82, 2.24) is 4.98 Å². The molecule has 0 fully saturated rings. The number of benzene rings is 1. The highest BCUT2D eigenvalue weighted by atomic mass is 79.9.